The van der Waals surface area contributed by atoms with Crippen LogP contribution in [0.1, 0.15) is 12.0 Å². The van der Waals surface area contributed by atoms with Gasteiger partial charge >= 0.3 is 0 Å². The van der Waals surface area contributed by atoms with Crippen molar-refractivity contribution in [2.75, 3.05) is 6.54 Å². The normalized spacial score (nSPS) is 10.3. The zero-order valence-corrected chi connectivity index (χ0v) is 7.13. The minimum absolute atomic E-state index is 0.424. The van der Waals surface area contributed by atoms with E-state index in [1.165, 1.54) is 12.1 Å². The highest BCUT2D eigenvalue weighted by atomic mass is 19.1. The maximum atomic E-state index is 12.8. The van der Waals surface area contributed by atoms with Gasteiger partial charge in [-0.3, -0.25) is 0 Å². The maximum Gasteiger partial charge on any atom is 0.194 e. The molecule has 0 aliphatic carbocycles. The van der Waals surface area contributed by atoms with Gasteiger partial charge in [-0.1, -0.05) is 0 Å². The maximum absolute atomic E-state index is 12.8. The van der Waals surface area contributed by atoms with E-state index in [2.05, 4.69) is 0 Å². The van der Waals surface area contributed by atoms with Gasteiger partial charge in [0.25, 0.3) is 0 Å². The summed E-state index contributed by atoms with van der Waals surface area (Å²) in [6, 6.07) is 2.54. The number of hydrogen-bond donors (Lipinski definition) is 3. The second kappa shape index (κ2) is 4.09. The number of phenols is 2. The van der Waals surface area contributed by atoms with Crippen LogP contribution in [0.2, 0.25) is 0 Å². The van der Waals surface area contributed by atoms with Gasteiger partial charge in [-0.05, 0) is 37.1 Å². The van der Waals surface area contributed by atoms with E-state index in [1.54, 1.807) is 0 Å². The van der Waals surface area contributed by atoms with E-state index in [1.807, 2.05) is 0 Å². The van der Waals surface area contributed by atoms with Crippen LogP contribution in [0.4, 0.5) is 4.39 Å². The van der Waals surface area contributed by atoms with E-state index in [-0.39, 0.29) is 0 Å². The zero-order valence-electron chi connectivity index (χ0n) is 7.13. The summed E-state index contributed by atoms with van der Waals surface area (Å²) in [7, 11) is 0. The topological polar surface area (TPSA) is 66.5 Å². The van der Waals surface area contributed by atoms with Crippen LogP contribution in [0.3, 0.4) is 0 Å². The van der Waals surface area contributed by atoms with E-state index in [0.717, 1.165) is 6.42 Å². The van der Waals surface area contributed by atoms with E-state index < -0.39 is 17.3 Å². The van der Waals surface area contributed by atoms with Crippen LogP contribution in [0.15, 0.2) is 12.1 Å². The van der Waals surface area contributed by atoms with Crippen LogP contribution in [-0.2, 0) is 6.42 Å². The van der Waals surface area contributed by atoms with Crippen molar-refractivity contribution in [3.63, 3.8) is 0 Å². The molecule has 0 bridgehead atoms. The Morgan fingerprint density at radius 1 is 1.31 bits per heavy atom. The van der Waals surface area contributed by atoms with E-state index in [0.29, 0.717) is 18.5 Å². The Morgan fingerprint density at radius 3 is 2.54 bits per heavy atom. The molecule has 0 saturated heterocycles. The highest BCUT2D eigenvalue weighted by molar-refractivity contribution is 5.41. The standard InChI is InChI=1S/C9H12FNO2/c10-7-4-6(2-1-3-11)5-8(12)9(7)13/h4-5,12-13H,1-3,11H2. The molecule has 0 atom stereocenters. The highest BCUT2D eigenvalue weighted by Gasteiger charge is 2.07. The quantitative estimate of drug-likeness (QED) is 0.618. The number of benzene rings is 1. The third-order valence-corrected chi connectivity index (χ3v) is 1.77. The summed E-state index contributed by atoms with van der Waals surface area (Å²) in [5.74, 6) is -1.92. The fourth-order valence-electron chi connectivity index (χ4n) is 1.09. The second-order valence-electron chi connectivity index (χ2n) is 2.84. The van der Waals surface area contributed by atoms with Crippen molar-refractivity contribution in [1.82, 2.24) is 0 Å². The Kier molecular flexibility index (Phi) is 3.08. The third kappa shape index (κ3) is 2.32. The van der Waals surface area contributed by atoms with Gasteiger partial charge in [-0.15, -0.1) is 0 Å². The van der Waals surface area contributed by atoms with Crippen LogP contribution >= 0.6 is 0 Å². The summed E-state index contributed by atoms with van der Waals surface area (Å²) in [6.45, 7) is 0.517. The molecule has 0 saturated carbocycles. The summed E-state index contributed by atoms with van der Waals surface area (Å²) < 4.78 is 12.8. The minimum atomic E-state index is -0.799. The molecule has 1 rings (SSSR count). The smallest absolute Gasteiger partial charge is 0.194 e. The van der Waals surface area contributed by atoms with Crippen LogP contribution in [0, 0.1) is 5.82 Å². The molecule has 0 amide bonds. The first kappa shape index (κ1) is 9.80. The first-order valence-electron chi connectivity index (χ1n) is 4.05. The molecule has 4 N–H and O–H groups in total. The molecule has 0 unspecified atom stereocenters. The second-order valence-corrected chi connectivity index (χ2v) is 2.84. The largest absolute Gasteiger partial charge is 0.504 e. The molecule has 0 aromatic heterocycles. The first-order valence-corrected chi connectivity index (χ1v) is 4.05. The molecule has 0 aliphatic heterocycles. The molecule has 0 fully saturated rings. The summed E-state index contributed by atoms with van der Waals surface area (Å²) in [4.78, 5) is 0. The van der Waals surface area contributed by atoms with Crippen molar-refractivity contribution in [3.05, 3.63) is 23.5 Å². The van der Waals surface area contributed by atoms with E-state index in [4.69, 9.17) is 15.9 Å². The van der Waals surface area contributed by atoms with Gasteiger partial charge in [0.2, 0.25) is 0 Å². The molecule has 1 aromatic carbocycles. The fourth-order valence-corrected chi connectivity index (χ4v) is 1.09. The molecule has 4 heteroatoms. The zero-order chi connectivity index (χ0) is 9.84. The fraction of sp³-hybridized carbons (Fsp3) is 0.333. The monoisotopic (exact) mass is 185 g/mol. The van der Waals surface area contributed by atoms with Crippen molar-refractivity contribution >= 4 is 0 Å². The number of nitrogens with two attached hydrogens (primary N) is 1. The Bertz CT molecular complexity index is 279. The summed E-state index contributed by atoms with van der Waals surface area (Å²) in [6.07, 6.45) is 1.32. The molecule has 72 valence electrons. The Morgan fingerprint density at radius 2 is 2.00 bits per heavy atom. The molecule has 0 radical (unpaired) electrons. The average molecular weight is 185 g/mol. The number of hydrogen-bond acceptors (Lipinski definition) is 3. The predicted octanol–water partition coefficient (Wildman–Crippen LogP) is 1.13. The minimum Gasteiger partial charge on any atom is -0.504 e. The Balaban J connectivity index is 2.86. The Labute approximate surface area is 75.6 Å². The number of halogens is 1. The average Bonchev–Trinajstić information content (AvgIpc) is 2.10. The molecular weight excluding hydrogens is 173 g/mol. The van der Waals surface area contributed by atoms with Crippen LogP contribution in [0.25, 0.3) is 0 Å². The lowest BCUT2D eigenvalue weighted by Gasteiger charge is -2.03. The van der Waals surface area contributed by atoms with Crippen LogP contribution in [0.5, 0.6) is 11.5 Å². The predicted molar refractivity (Wildman–Crippen MR) is 47.1 cm³/mol. The molecular formula is C9H12FNO2. The molecule has 0 spiro atoms. The van der Waals surface area contributed by atoms with Gasteiger partial charge < -0.3 is 15.9 Å². The lowest BCUT2D eigenvalue weighted by atomic mass is 10.1. The number of aryl methyl sites for hydroxylation is 1. The summed E-state index contributed by atoms with van der Waals surface area (Å²) in [5, 5.41) is 18.0. The SMILES string of the molecule is NCCCc1cc(O)c(O)c(F)c1. The van der Waals surface area contributed by atoms with Crippen molar-refractivity contribution < 1.29 is 14.6 Å². The van der Waals surface area contributed by atoms with Crippen molar-refractivity contribution in [3.8, 4) is 11.5 Å². The van der Waals surface area contributed by atoms with Gasteiger partial charge in [-0.25, -0.2) is 4.39 Å². The van der Waals surface area contributed by atoms with E-state index >= 15 is 0 Å². The molecule has 13 heavy (non-hydrogen) atoms. The lowest BCUT2D eigenvalue weighted by Crippen LogP contribution is -2.00. The number of phenolic OH excluding ortho intramolecular Hbond substituents is 2. The van der Waals surface area contributed by atoms with Gasteiger partial charge in [0, 0.05) is 0 Å². The molecule has 3 nitrogen and oxygen atoms in total. The molecule has 0 aliphatic rings. The van der Waals surface area contributed by atoms with Gasteiger partial charge in [-0.2, -0.15) is 0 Å². The number of rotatable bonds is 3. The van der Waals surface area contributed by atoms with Crippen LogP contribution < -0.4 is 5.73 Å². The number of aromatic hydroxyl groups is 2. The summed E-state index contributed by atoms with van der Waals surface area (Å²) >= 11 is 0. The van der Waals surface area contributed by atoms with Crippen molar-refractivity contribution in [2.24, 2.45) is 5.73 Å². The summed E-state index contributed by atoms with van der Waals surface area (Å²) in [5.41, 5.74) is 5.91. The van der Waals surface area contributed by atoms with Gasteiger partial charge in [0.15, 0.2) is 17.3 Å². The van der Waals surface area contributed by atoms with E-state index in [9.17, 15) is 4.39 Å². The molecule has 0 heterocycles. The third-order valence-electron chi connectivity index (χ3n) is 1.77. The van der Waals surface area contributed by atoms with Crippen molar-refractivity contribution in [1.29, 1.82) is 0 Å². The van der Waals surface area contributed by atoms with Gasteiger partial charge in [0.1, 0.15) is 0 Å². The van der Waals surface area contributed by atoms with Crippen LogP contribution in [-0.4, -0.2) is 16.8 Å². The highest BCUT2D eigenvalue weighted by Crippen LogP contribution is 2.29. The first-order chi connectivity index (χ1) is 6.15. The molecule has 1 aromatic rings. The van der Waals surface area contributed by atoms with Crippen molar-refractivity contribution in [2.45, 2.75) is 12.8 Å². The lowest BCUT2D eigenvalue weighted by molar-refractivity contribution is 0.378. The van der Waals surface area contributed by atoms with Gasteiger partial charge in [0.05, 0.1) is 0 Å². The Hall–Kier alpha value is -1.29.